The smallest absolute Gasteiger partial charge is 0.239 e. The Labute approximate surface area is 148 Å². The third-order valence-electron chi connectivity index (χ3n) is 4.48. The van der Waals surface area contributed by atoms with E-state index in [0.29, 0.717) is 19.5 Å². The summed E-state index contributed by atoms with van der Waals surface area (Å²) in [6.45, 7) is 2.79. The van der Waals surface area contributed by atoms with Gasteiger partial charge in [0.05, 0.1) is 13.2 Å². The van der Waals surface area contributed by atoms with Gasteiger partial charge in [-0.15, -0.1) is 0 Å². The van der Waals surface area contributed by atoms with E-state index in [2.05, 4.69) is 9.88 Å². The van der Waals surface area contributed by atoms with Gasteiger partial charge in [-0.05, 0) is 18.1 Å². The van der Waals surface area contributed by atoms with Crippen molar-refractivity contribution in [2.45, 2.75) is 12.5 Å². The number of nitrogens with zero attached hydrogens (tertiary/aromatic N) is 3. The molecule has 1 saturated heterocycles. The number of pyridine rings is 1. The molecule has 6 heteroatoms. The Kier molecular flexibility index (Phi) is 5.50. The fraction of sp³-hybridized carbons (Fsp3) is 0.368. The minimum Gasteiger partial charge on any atom is -0.497 e. The minimum absolute atomic E-state index is 0.0158. The van der Waals surface area contributed by atoms with Crippen molar-refractivity contribution in [3.05, 3.63) is 54.2 Å². The van der Waals surface area contributed by atoms with Gasteiger partial charge in [0.25, 0.3) is 0 Å². The molecule has 132 valence electrons. The number of nitrogens with two attached hydrogens (primary N) is 1. The Morgan fingerprint density at radius 3 is 2.60 bits per heavy atom. The summed E-state index contributed by atoms with van der Waals surface area (Å²) >= 11 is 0. The van der Waals surface area contributed by atoms with Crippen LogP contribution in [0.15, 0.2) is 48.7 Å². The molecule has 3 rings (SSSR count). The van der Waals surface area contributed by atoms with Crippen molar-refractivity contribution < 1.29 is 9.53 Å². The van der Waals surface area contributed by atoms with Crippen LogP contribution >= 0.6 is 0 Å². The van der Waals surface area contributed by atoms with Gasteiger partial charge >= 0.3 is 0 Å². The number of carbonyl (C=O) groups excluding carboxylic acids is 1. The number of aromatic nitrogens is 1. The summed E-state index contributed by atoms with van der Waals surface area (Å²) in [5.41, 5.74) is 7.22. The highest BCUT2D eigenvalue weighted by Gasteiger charge is 2.26. The second-order valence-corrected chi connectivity index (χ2v) is 6.16. The van der Waals surface area contributed by atoms with Gasteiger partial charge in [-0.1, -0.05) is 30.3 Å². The largest absolute Gasteiger partial charge is 0.497 e. The predicted molar refractivity (Wildman–Crippen MR) is 97.7 cm³/mol. The van der Waals surface area contributed by atoms with Crippen LogP contribution in [0.1, 0.15) is 5.56 Å². The van der Waals surface area contributed by atoms with Gasteiger partial charge in [0.1, 0.15) is 11.6 Å². The van der Waals surface area contributed by atoms with Crippen molar-refractivity contribution in [1.29, 1.82) is 0 Å². The number of ether oxygens (including phenoxy) is 1. The van der Waals surface area contributed by atoms with Crippen molar-refractivity contribution in [3.63, 3.8) is 0 Å². The van der Waals surface area contributed by atoms with Crippen LogP contribution in [0.4, 0.5) is 5.82 Å². The van der Waals surface area contributed by atoms with Crippen molar-refractivity contribution >= 4 is 11.7 Å². The number of methoxy groups -OCH3 is 1. The Morgan fingerprint density at radius 1 is 1.20 bits per heavy atom. The first-order valence-corrected chi connectivity index (χ1v) is 8.50. The van der Waals surface area contributed by atoms with E-state index in [-0.39, 0.29) is 5.91 Å². The summed E-state index contributed by atoms with van der Waals surface area (Å²) in [7, 11) is 1.64. The lowest BCUT2D eigenvalue weighted by Crippen LogP contribution is -2.53. The van der Waals surface area contributed by atoms with Gasteiger partial charge in [0.2, 0.25) is 5.91 Å². The molecular formula is C19H24N4O2. The topological polar surface area (TPSA) is 71.7 Å². The highest BCUT2D eigenvalue weighted by molar-refractivity contribution is 5.82. The van der Waals surface area contributed by atoms with Gasteiger partial charge in [0, 0.05) is 38.4 Å². The Bertz CT molecular complexity index is 700. The highest BCUT2D eigenvalue weighted by Crippen LogP contribution is 2.19. The van der Waals surface area contributed by atoms with Gasteiger partial charge in [-0.2, -0.15) is 0 Å². The van der Waals surface area contributed by atoms with E-state index in [1.165, 1.54) is 0 Å². The Hall–Kier alpha value is -2.60. The zero-order chi connectivity index (χ0) is 17.6. The van der Waals surface area contributed by atoms with Gasteiger partial charge in [0.15, 0.2) is 0 Å². The standard InChI is InChI=1S/C19H24N4O2/c1-25-16-7-8-21-18(14-16)22-9-11-23(12-10-22)19(24)17(20)13-15-5-3-2-4-6-15/h2-8,14,17H,9-13,20H2,1H3. The van der Waals surface area contributed by atoms with Crippen LogP contribution in [0.5, 0.6) is 5.75 Å². The number of hydrogen-bond acceptors (Lipinski definition) is 5. The molecule has 1 atom stereocenters. The molecule has 2 N–H and O–H groups in total. The van der Waals surface area contributed by atoms with Crippen LogP contribution in [-0.4, -0.2) is 55.1 Å². The zero-order valence-corrected chi connectivity index (χ0v) is 14.5. The lowest BCUT2D eigenvalue weighted by Gasteiger charge is -2.36. The molecule has 1 fully saturated rings. The molecule has 1 aromatic heterocycles. The zero-order valence-electron chi connectivity index (χ0n) is 14.5. The Morgan fingerprint density at radius 2 is 1.92 bits per heavy atom. The molecule has 2 aromatic rings. The first kappa shape index (κ1) is 17.2. The van der Waals surface area contributed by atoms with Crippen molar-refractivity contribution in [2.24, 2.45) is 5.73 Å². The maximum atomic E-state index is 12.6. The number of piperazine rings is 1. The first-order chi connectivity index (χ1) is 12.2. The molecule has 6 nitrogen and oxygen atoms in total. The molecule has 0 spiro atoms. The highest BCUT2D eigenvalue weighted by atomic mass is 16.5. The third kappa shape index (κ3) is 4.28. The van der Waals surface area contributed by atoms with Crippen molar-refractivity contribution in [2.75, 3.05) is 38.2 Å². The fourth-order valence-electron chi connectivity index (χ4n) is 3.05. The van der Waals surface area contributed by atoms with E-state index in [0.717, 1.165) is 30.2 Å². The number of amides is 1. The number of benzene rings is 1. The van der Waals surface area contributed by atoms with Gasteiger partial charge in [-0.25, -0.2) is 4.98 Å². The van der Waals surface area contributed by atoms with E-state index >= 15 is 0 Å². The number of anilines is 1. The summed E-state index contributed by atoms with van der Waals surface area (Å²) in [6.07, 6.45) is 2.30. The number of rotatable bonds is 5. The third-order valence-corrected chi connectivity index (χ3v) is 4.48. The molecular weight excluding hydrogens is 316 g/mol. The van der Waals surface area contributed by atoms with Crippen LogP contribution in [0.25, 0.3) is 0 Å². The van der Waals surface area contributed by atoms with E-state index in [1.807, 2.05) is 47.4 Å². The summed E-state index contributed by atoms with van der Waals surface area (Å²) in [6, 6.07) is 13.1. The van der Waals surface area contributed by atoms with Crippen LogP contribution in [0.2, 0.25) is 0 Å². The van der Waals surface area contributed by atoms with Crippen molar-refractivity contribution in [1.82, 2.24) is 9.88 Å². The maximum Gasteiger partial charge on any atom is 0.239 e. The molecule has 1 aromatic carbocycles. The van der Waals surface area contributed by atoms with Gasteiger partial charge in [-0.3, -0.25) is 4.79 Å². The molecule has 0 radical (unpaired) electrons. The van der Waals surface area contributed by atoms with Crippen LogP contribution in [0.3, 0.4) is 0 Å². The van der Waals surface area contributed by atoms with E-state index in [1.54, 1.807) is 13.3 Å². The average molecular weight is 340 g/mol. The lowest BCUT2D eigenvalue weighted by molar-refractivity contribution is -0.132. The SMILES string of the molecule is COc1ccnc(N2CCN(C(=O)C(N)Cc3ccccc3)CC2)c1. The number of carbonyl (C=O) groups is 1. The lowest BCUT2D eigenvalue weighted by atomic mass is 10.1. The predicted octanol–water partition coefficient (Wildman–Crippen LogP) is 1.31. The molecule has 1 unspecified atom stereocenters. The molecule has 2 heterocycles. The summed E-state index contributed by atoms with van der Waals surface area (Å²) in [5.74, 6) is 1.68. The number of hydrogen-bond donors (Lipinski definition) is 1. The molecule has 1 aliphatic heterocycles. The monoisotopic (exact) mass is 340 g/mol. The molecule has 1 amide bonds. The van der Waals surface area contributed by atoms with E-state index in [4.69, 9.17) is 10.5 Å². The van der Waals surface area contributed by atoms with E-state index in [9.17, 15) is 4.79 Å². The molecule has 0 saturated carbocycles. The molecule has 25 heavy (non-hydrogen) atoms. The molecule has 0 bridgehead atoms. The van der Waals surface area contributed by atoms with Crippen LogP contribution in [0, 0.1) is 0 Å². The average Bonchev–Trinajstić information content (AvgIpc) is 2.68. The van der Waals surface area contributed by atoms with Crippen molar-refractivity contribution in [3.8, 4) is 5.75 Å². The van der Waals surface area contributed by atoms with Crippen LogP contribution in [-0.2, 0) is 11.2 Å². The summed E-state index contributed by atoms with van der Waals surface area (Å²) < 4.78 is 5.25. The molecule has 0 aliphatic carbocycles. The van der Waals surface area contributed by atoms with E-state index < -0.39 is 6.04 Å². The maximum absolute atomic E-state index is 12.6. The minimum atomic E-state index is -0.496. The first-order valence-electron chi connectivity index (χ1n) is 8.50. The summed E-state index contributed by atoms with van der Waals surface area (Å²) in [5, 5.41) is 0. The fourth-order valence-corrected chi connectivity index (χ4v) is 3.05. The normalized spacial score (nSPS) is 15.8. The summed E-state index contributed by atoms with van der Waals surface area (Å²) in [4.78, 5) is 21.0. The Balaban J connectivity index is 1.55. The molecule has 1 aliphatic rings. The van der Waals surface area contributed by atoms with Crippen LogP contribution < -0.4 is 15.4 Å². The second kappa shape index (κ2) is 7.98. The second-order valence-electron chi connectivity index (χ2n) is 6.16. The quantitative estimate of drug-likeness (QED) is 0.888. The van der Waals surface area contributed by atoms with Gasteiger partial charge < -0.3 is 20.3 Å².